The van der Waals surface area contributed by atoms with Crippen molar-refractivity contribution in [3.63, 3.8) is 0 Å². The molecule has 0 fully saturated rings. The molecular weight excluding hydrogens is 450 g/mol. The van der Waals surface area contributed by atoms with Gasteiger partial charge in [-0.05, 0) is 63.0 Å². The first-order chi connectivity index (χ1) is 18.4. The van der Waals surface area contributed by atoms with Crippen LogP contribution in [0.4, 0.5) is 17.3 Å². The summed E-state index contributed by atoms with van der Waals surface area (Å²) in [4.78, 5) is 11.7. The number of rotatable bonds is 4. The summed E-state index contributed by atoms with van der Waals surface area (Å²) >= 11 is 0. The third kappa shape index (κ3) is 3.60. The molecule has 0 bridgehead atoms. The summed E-state index contributed by atoms with van der Waals surface area (Å²) in [6.07, 6.45) is 3.66. The molecule has 0 radical (unpaired) electrons. The van der Waals surface area contributed by atoms with Crippen LogP contribution < -0.4 is 4.90 Å². The van der Waals surface area contributed by atoms with Crippen molar-refractivity contribution < 1.29 is 0 Å². The Morgan fingerprint density at radius 1 is 0.432 bits per heavy atom. The van der Waals surface area contributed by atoms with Gasteiger partial charge in [-0.1, -0.05) is 97.1 Å². The van der Waals surface area contributed by atoms with Gasteiger partial charge in [-0.3, -0.25) is 4.90 Å². The highest BCUT2D eigenvalue weighted by atomic mass is 15.2. The molecule has 0 aliphatic carbocycles. The van der Waals surface area contributed by atoms with E-state index in [9.17, 15) is 0 Å². The normalized spacial score (nSPS) is 11.2. The van der Waals surface area contributed by atoms with Crippen LogP contribution in [0.2, 0.25) is 0 Å². The van der Waals surface area contributed by atoms with Gasteiger partial charge in [0, 0.05) is 23.2 Å². The Hall–Kier alpha value is -5.02. The molecule has 0 unspecified atom stereocenters. The zero-order valence-corrected chi connectivity index (χ0v) is 20.1. The second-order valence-electron chi connectivity index (χ2n) is 9.09. The van der Waals surface area contributed by atoms with Gasteiger partial charge in [-0.15, -0.1) is 0 Å². The van der Waals surface area contributed by atoms with Crippen molar-refractivity contribution >= 4 is 49.6 Å². The number of hydrogen-bond acceptors (Lipinski definition) is 3. The zero-order valence-electron chi connectivity index (χ0n) is 20.1. The molecular formula is C34H23N3. The first kappa shape index (κ1) is 21.3. The summed E-state index contributed by atoms with van der Waals surface area (Å²) in [7, 11) is 0. The van der Waals surface area contributed by atoms with E-state index >= 15 is 0 Å². The molecule has 0 spiro atoms. The third-order valence-corrected chi connectivity index (χ3v) is 6.92. The lowest BCUT2D eigenvalue weighted by molar-refractivity contribution is 1.14. The molecule has 37 heavy (non-hydrogen) atoms. The van der Waals surface area contributed by atoms with Crippen LogP contribution in [-0.2, 0) is 0 Å². The SMILES string of the molecule is c1ccc(N(c2ccccn2)c2c3ccccc3c(-c3ccc4ccccc4c3)c3ccccc23)nc1. The van der Waals surface area contributed by atoms with Crippen LogP contribution in [0.3, 0.4) is 0 Å². The first-order valence-corrected chi connectivity index (χ1v) is 12.4. The van der Waals surface area contributed by atoms with E-state index in [1.807, 2.05) is 48.8 Å². The van der Waals surface area contributed by atoms with Gasteiger partial charge >= 0.3 is 0 Å². The second-order valence-corrected chi connectivity index (χ2v) is 9.09. The molecule has 7 rings (SSSR count). The molecule has 0 aliphatic heterocycles. The number of benzene rings is 5. The highest BCUT2D eigenvalue weighted by molar-refractivity contribution is 6.22. The van der Waals surface area contributed by atoms with E-state index in [0.717, 1.165) is 28.1 Å². The molecule has 3 heteroatoms. The van der Waals surface area contributed by atoms with E-state index < -0.39 is 0 Å². The van der Waals surface area contributed by atoms with Crippen LogP contribution in [0, 0.1) is 0 Å². The molecule has 0 saturated heterocycles. The lowest BCUT2D eigenvalue weighted by Gasteiger charge is -2.27. The van der Waals surface area contributed by atoms with Crippen molar-refractivity contribution in [2.75, 3.05) is 4.90 Å². The van der Waals surface area contributed by atoms with Gasteiger partial charge < -0.3 is 0 Å². The van der Waals surface area contributed by atoms with Crippen LogP contribution in [0.5, 0.6) is 0 Å². The van der Waals surface area contributed by atoms with Crippen LogP contribution in [-0.4, -0.2) is 9.97 Å². The lowest BCUT2D eigenvalue weighted by Crippen LogP contribution is -2.14. The number of fused-ring (bicyclic) bond motifs is 3. The molecule has 0 atom stereocenters. The lowest BCUT2D eigenvalue weighted by atomic mass is 9.89. The molecule has 0 amide bonds. The van der Waals surface area contributed by atoms with Crippen molar-refractivity contribution in [1.82, 2.24) is 9.97 Å². The number of nitrogens with zero attached hydrogens (tertiary/aromatic N) is 3. The van der Waals surface area contributed by atoms with Gasteiger partial charge in [-0.2, -0.15) is 0 Å². The largest absolute Gasteiger partial charge is 0.278 e. The fourth-order valence-corrected chi connectivity index (χ4v) is 5.32. The molecule has 3 nitrogen and oxygen atoms in total. The van der Waals surface area contributed by atoms with E-state index in [-0.39, 0.29) is 0 Å². The summed E-state index contributed by atoms with van der Waals surface area (Å²) in [5.41, 5.74) is 3.52. The summed E-state index contributed by atoms with van der Waals surface area (Å²) in [5, 5.41) is 7.18. The van der Waals surface area contributed by atoms with Crippen molar-refractivity contribution in [3.8, 4) is 11.1 Å². The van der Waals surface area contributed by atoms with E-state index in [1.54, 1.807) is 0 Å². The fraction of sp³-hybridized carbons (Fsp3) is 0. The smallest absolute Gasteiger partial charge is 0.138 e. The van der Waals surface area contributed by atoms with Crippen LogP contribution in [0.25, 0.3) is 43.4 Å². The molecule has 0 N–H and O–H groups in total. The second kappa shape index (κ2) is 8.89. The predicted molar refractivity (Wildman–Crippen MR) is 155 cm³/mol. The minimum Gasteiger partial charge on any atom is -0.278 e. The molecule has 5 aromatic carbocycles. The predicted octanol–water partition coefficient (Wildman–Crippen LogP) is 9.07. The highest BCUT2D eigenvalue weighted by Crippen LogP contribution is 2.47. The Morgan fingerprint density at radius 3 is 1.51 bits per heavy atom. The van der Waals surface area contributed by atoms with E-state index in [0.29, 0.717) is 0 Å². The van der Waals surface area contributed by atoms with Gasteiger partial charge in [0.15, 0.2) is 0 Å². The van der Waals surface area contributed by atoms with Gasteiger partial charge in [0.1, 0.15) is 11.6 Å². The average molecular weight is 474 g/mol. The van der Waals surface area contributed by atoms with Crippen LogP contribution in [0.1, 0.15) is 0 Å². The number of hydrogen-bond donors (Lipinski definition) is 0. The Morgan fingerprint density at radius 2 is 0.946 bits per heavy atom. The van der Waals surface area contributed by atoms with Crippen molar-refractivity contribution in [2.24, 2.45) is 0 Å². The van der Waals surface area contributed by atoms with E-state index in [2.05, 4.69) is 95.9 Å². The van der Waals surface area contributed by atoms with E-state index in [4.69, 9.17) is 9.97 Å². The van der Waals surface area contributed by atoms with Gasteiger partial charge in [0.2, 0.25) is 0 Å². The van der Waals surface area contributed by atoms with Gasteiger partial charge in [0.05, 0.1) is 5.69 Å². The molecule has 2 heterocycles. The summed E-state index contributed by atoms with van der Waals surface area (Å²) < 4.78 is 0. The molecule has 174 valence electrons. The monoisotopic (exact) mass is 473 g/mol. The number of pyridine rings is 2. The summed E-state index contributed by atoms with van der Waals surface area (Å²) in [6, 6.07) is 44.6. The Balaban J connectivity index is 1.61. The maximum atomic E-state index is 4.75. The quantitative estimate of drug-likeness (QED) is 0.239. The topological polar surface area (TPSA) is 29.0 Å². The fourth-order valence-electron chi connectivity index (χ4n) is 5.32. The molecule has 7 aromatic rings. The van der Waals surface area contributed by atoms with Gasteiger partial charge in [0.25, 0.3) is 0 Å². The number of anilines is 3. The van der Waals surface area contributed by atoms with Crippen LogP contribution in [0.15, 0.2) is 140 Å². The van der Waals surface area contributed by atoms with Crippen LogP contribution >= 0.6 is 0 Å². The average Bonchev–Trinajstić information content (AvgIpc) is 2.98. The minimum atomic E-state index is 0.829. The maximum Gasteiger partial charge on any atom is 0.138 e. The Bertz CT molecular complexity index is 1780. The summed E-state index contributed by atoms with van der Waals surface area (Å²) in [6.45, 7) is 0. The van der Waals surface area contributed by atoms with Crippen molar-refractivity contribution in [3.05, 3.63) is 140 Å². The Labute approximate surface area is 215 Å². The van der Waals surface area contributed by atoms with Gasteiger partial charge in [-0.25, -0.2) is 9.97 Å². The Kier molecular flexibility index (Phi) is 5.11. The van der Waals surface area contributed by atoms with E-state index in [1.165, 1.54) is 32.7 Å². The summed E-state index contributed by atoms with van der Waals surface area (Å²) in [5.74, 6) is 1.66. The molecule has 0 aliphatic rings. The zero-order chi connectivity index (χ0) is 24.6. The minimum absolute atomic E-state index is 0.829. The molecule has 2 aromatic heterocycles. The standard InChI is InChI=1S/C34H23N3/c1-2-12-25-23-26(20-19-24(25)11-1)33-27-13-3-5-15-29(27)34(30-16-6-4-14-28(30)33)37(31-17-7-9-21-35-31)32-18-8-10-22-36-32/h1-23H. The maximum absolute atomic E-state index is 4.75. The first-order valence-electron chi connectivity index (χ1n) is 12.4. The number of aromatic nitrogens is 2. The molecule has 0 saturated carbocycles. The van der Waals surface area contributed by atoms with Crippen molar-refractivity contribution in [1.29, 1.82) is 0 Å². The third-order valence-electron chi connectivity index (χ3n) is 6.92. The highest BCUT2D eigenvalue weighted by Gasteiger charge is 2.23. The van der Waals surface area contributed by atoms with Crippen molar-refractivity contribution in [2.45, 2.75) is 0 Å².